The van der Waals surface area contributed by atoms with Gasteiger partial charge in [-0.3, -0.25) is 0 Å². The average Bonchev–Trinajstić information content (AvgIpc) is 2.26. The van der Waals surface area contributed by atoms with Crippen molar-refractivity contribution < 1.29 is 23.1 Å². The quantitative estimate of drug-likeness (QED) is 0.633. The lowest BCUT2D eigenvalue weighted by atomic mass is 10.0. The first-order valence-electron chi connectivity index (χ1n) is 4.64. The molecule has 3 N–H and O–H groups in total. The number of carbonyl (C=O) groups is 1. The van der Waals surface area contributed by atoms with E-state index >= 15 is 0 Å². The lowest BCUT2D eigenvalue weighted by Gasteiger charge is -2.09. The highest BCUT2D eigenvalue weighted by molar-refractivity contribution is 5.86. The van der Waals surface area contributed by atoms with Gasteiger partial charge in [0.15, 0.2) is 6.17 Å². The molecule has 0 heterocycles. The molecule has 0 fully saturated rings. The van der Waals surface area contributed by atoms with E-state index in [1.807, 2.05) is 0 Å². The molecule has 92 valence electrons. The summed E-state index contributed by atoms with van der Waals surface area (Å²) in [5, 5.41) is 8.41. The molecule has 3 nitrogen and oxygen atoms in total. The molecule has 0 aliphatic heterocycles. The van der Waals surface area contributed by atoms with Gasteiger partial charge in [0.2, 0.25) is 0 Å². The van der Waals surface area contributed by atoms with Gasteiger partial charge in [-0.15, -0.1) is 0 Å². The van der Waals surface area contributed by atoms with Crippen LogP contribution in [0, 0.1) is 0 Å². The van der Waals surface area contributed by atoms with Gasteiger partial charge in [0.1, 0.15) is 0 Å². The van der Waals surface area contributed by atoms with Gasteiger partial charge >= 0.3 is 5.97 Å². The minimum atomic E-state index is -3.13. The minimum absolute atomic E-state index is 0.188. The summed E-state index contributed by atoms with van der Waals surface area (Å²) in [7, 11) is 0. The fraction of sp³-hybridized carbons (Fsp3) is 0.182. The second-order valence-corrected chi connectivity index (χ2v) is 3.30. The van der Waals surface area contributed by atoms with Crippen LogP contribution in [0.1, 0.15) is 17.3 Å². The minimum Gasteiger partial charge on any atom is -0.478 e. The largest absolute Gasteiger partial charge is 0.478 e. The summed E-state index contributed by atoms with van der Waals surface area (Å²) in [5.74, 6) is -1.21. The van der Waals surface area contributed by atoms with Gasteiger partial charge in [-0.05, 0) is 29.3 Å². The monoisotopic (exact) mass is 245 g/mol. The Balaban J connectivity index is 3.06. The molecule has 0 saturated carbocycles. The smallest absolute Gasteiger partial charge is 0.328 e. The molecule has 0 aliphatic rings. The third-order valence-corrected chi connectivity index (χ3v) is 2.06. The van der Waals surface area contributed by atoms with E-state index in [4.69, 9.17) is 10.8 Å². The summed E-state index contributed by atoms with van der Waals surface area (Å²) in [6.07, 6.45) is -3.62. The zero-order chi connectivity index (χ0) is 13.0. The molecular formula is C11H10F3NO2. The molecule has 0 aliphatic carbocycles. The van der Waals surface area contributed by atoms with Crippen LogP contribution in [0.15, 0.2) is 24.3 Å². The van der Waals surface area contributed by atoms with Gasteiger partial charge in [0.05, 0.1) is 0 Å². The van der Waals surface area contributed by atoms with Gasteiger partial charge < -0.3 is 10.8 Å². The highest BCUT2D eigenvalue weighted by Crippen LogP contribution is 2.27. The van der Waals surface area contributed by atoms with Crippen molar-refractivity contribution in [3.8, 4) is 0 Å². The van der Waals surface area contributed by atoms with Gasteiger partial charge in [0.25, 0.3) is 6.43 Å². The van der Waals surface area contributed by atoms with Crippen molar-refractivity contribution in [2.45, 2.75) is 12.6 Å². The average molecular weight is 245 g/mol. The van der Waals surface area contributed by atoms with E-state index in [0.29, 0.717) is 0 Å². The normalized spacial score (nSPS) is 13.2. The first kappa shape index (κ1) is 13.1. The Morgan fingerprint density at radius 1 is 1.35 bits per heavy atom. The highest BCUT2D eigenvalue weighted by Gasteiger charge is 2.21. The Morgan fingerprint density at radius 2 is 2.00 bits per heavy atom. The number of hydrogen-bond acceptors (Lipinski definition) is 2. The van der Waals surface area contributed by atoms with Crippen LogP contribution in [-0.4, -0.2) is 17.5 Å². The van der Waals surface area contributed by atoms with E-state index in [1.54, 1.807) is 0 Å². The zero-order valence-corrected chi connectivity index (χ0v) is 8.61. The molecule has 1 aromatic carbocycles. The number of hydrogen-bond donors (Lipinski definition) is 2. The third-order valence-electron chi connectivity index (χ3n) is 2.06. The number of nitrogen functional groups attached to an aromatic ring is 1. The van der Waals surface area contributed by atoms with Crippen LogP contribution in [0.3, 0.4) is 0 Å². The number of nitrogens with two attached hydrogens (primary N) is 1. The Bertz CT molecular complexity index is 446. The van der Waals surface area contributed by atoms with Crippen LogP contribution in [0.5, 0.6) is 0 Å². The third kappa shape index (κ3) is 3.51. The van der Waals surface area contributed by atoms with Crippen LogP contribution in [-0.2, 0) is 4.79 Å². The molecule has 6 heteroatoms. The lowest BCUT2D eigenvalue weighted by molar-refractivity contribution is -0.131. The van der Waals surface area contributed by atoms with Crippen molar-refractivity contribution in [1.29, 1.82) is 0 Å². The van der Waals surface area contributed by atoms with Crippen LogP contribution in [0.2, 0.25) is 0 Å². The van der Waals surface area contributed by atoms with Crippen molar-refractivity contribution in [3.05, 3.63) is 35.4 Å². The summed E-state index contributed by atoms with van der Waals surface area (Å²) in [4.78, 5) is 10.3. The molecule has 0 amide bonds. The molecule has 0 saturated heterocycles. The number of anilines is 1. The molecule has 0 spiro atoms. The molecular weight excluding hydrogens is 235 g/mol. The van der Waals surface area contributed by atoms with Crippen molar-refractivity contribution in [3.63, 3.8) is 0 Å². The predicted molar refractivity (Wildman–Crippen MR) is 57.4 cm³/mol. The second kappa shape index (κ2) is 5.38. The Morgan fingerprint density at radius 3 is 2.53 bits per heavy atom. The maximum absolute atomic E-state index is 13.0. The highest BCUT2D eigenvalue weighted by atomic mass is 19.3. The molecule has 0 bridgehead atoms. The molecule has 1 atom stereocenters. The SMILES string of the molecule is Nc1ccc(C(F)C(F)F)cc1C=CC(=O)O. The summed E-state index contributed by atoms with van der Waals surface area (Å²) in [6, 6.07) is 3.50. The number of alkyl halides is 3. The van der Waals surface area contributed by atoms with E-state index in [9.17, 15) is 18.0 Å². The molecule has 1 aromatic rings. The van der Waals surface area contributed by atoms with Gasteiger partial charge in [-0.25, -0.2) is 18.0 Å². The van der Waals surface area contributed by atoms with Gasteiger partial charge in [-0.2, -0.15) is 0 Å². The molecule has 17 heavy (non-hydrogen) atoms. The van der Waals surface area contributed by atoms with E-state index in [1.165, 1.54) is 6.07 Å². The van der Waals surface area contributed by atoms with Crippen LogP contribution < -0.4 is 5.73 Å². The number of halogens is 3. The van der Waals surface area contributed by atoms with Crippen molar-refractivity contribution in [2.24, 2.45) is 0 Å². The fourth-order valence-electron chi connectivity index (χ4n) is 1.22. The maximum Gasteiger partial charge on any atom is 0.328 e. The number of carboxylic acid groups (broad SMARTS) is 1. The first-order chi connectivity index (χ1) is 7.91. The maximum atomic E-state index is 13.0. The fourth-order valence-corrected chi connectivity index (χ4v) is 1.22. The van der Waals surface area contributed by atoms with E-state index in [0.717, 1.165) is 24.3 Å². The van der Waals surface area contributed by atoms with Crippen LogP contribution in [0.25, 0.3) is 6.08 Å². The summed E-state index contributed by atoms with van der Waals surface area (Å²) in [6.45, 7) is 0. The zero-order valence-electron chi connectivity index (χ0n) is 8.61. The summed E-state index contributed by atoms with van der Waals surface area (Å²) < 4.78 is 37.3. The van der Waals surface area contributed by atoms with Crippen LogP contribution >= 0.6 is 0 Å². The summed E-state index contributed by atoms with van der Waals surface area (Å²) >= 11 is 0. The van der Waals surface area contributed by atoms with E-state index in [-0.39, 0.29) is 16.8 Å². The van der Waals surface area contributed by atoms with Crippen molar-refractivity contribution in [1.82, 2.24) is 0 Å². The summed E-state index contributed by atoms with van der Waals surface area (Å²) in [5.41, 5.74) is 5.64. The number of rotatable bonds is 4. The topological polar surface area (TPSA) is 63.3 Å². The lowest BCUT2D eigenvalue weighted by Crippen LogP contribution is -2.04. The Hall–Kier alpha value is -1.98. The Kier molecular flexibility index (Phi) is 4.14. The number of aliphatic carboxylic acids is 1. The molecule has 0 aromatic heterocycles. The molecule has 0 radical (unpaired) electrons. The van der Waals surface area contributed by atoms with Crippen LogP contribution in [0.4, 0.5) is 18.9 Å². The predicted octanol–water partition coefficient (Wildman–Crippen LogP) is 2.64. The van der Waals surface area contributed by atoms with Gasteiger partial charge in [0, 0.05) is 11.8 Å². The Labute approximate surface area is 95.4 Å². The molecule has 1 unspecified atom stereocenters. The first-order valence-corrected chi connectivity index (χ1v) is 4.64. The number of benzene rings is 1. The number of carboxylic acids is 1. The van der Waals surface area contributed by atoms with Gasteiger partial charge in [-0.1, -0.05) is 6.07 Å². The second-order valence-electron chi connectivity index (χ2n) is 3.30. The van der Waals surface area contributed by atoms with Crippen molar-refractivity contribution in [2.75, 3.05) is 5.73 Å². The van der Waals surface area contributed by atoms with Crippen molar-refractivity contribution >= 4 is 17.7 Å². The standard InChI is InChI=1S/C11H10F3NO2/c12-10(11(13)14)7-1-3-8(15)6(5-7)2-4-9(16)17/h1-5,10-11H,15H2,(H,16,17). The van der Waals surface area contributed by atoms with E-state index in [2.05, 4.69) is 0 Å². The van der Waals surface area contributed by atoms with E-state index < -0.39 is 18.6 Å². The molecule has 1 rings (SSSR count).